The average Bonchev–Trinajstić information content (AvgIpc) is 3.21. The number of hydrogen-bond acceptors (Lipinski definition) is 6. The summed E-state index contributed by atoms with van der Waals surface area (Å²) in [4.78, 5) is 7.95. The number of thiazole rings is 1. The maximum atomic E-state index is 13.1. The minimum Gasteiger partial charge on any atom is -0.378 e. The summed E-state index contributed by atoms with van der Waals surface area (Å²) in [6, 6.07) is 8.21. The number of hydrogen-bond donors (Lipinski definition) is 0. The van der Waals surface area contributed by atoms with Crippen molar-refractivity contribution in [2.24, 2.45) is 0 Å². The van der Waals surface area contributed by atoms with Gasteiger partial charge in [0.15, 0.2) is 0 Å². The third-order valence-electron chi connectivity index (χ3n) is 3.71. The highest BCUT2D eigenvalue weighted by Crippen LogP contribution is 2.29. The van der Waals surface area contributed by atoms with Gasteiger partial charge >= 0.3 is 6.18 Å². The van der Waals surface area contributed by atoms with Crippen LogP contribution in [0.2, 0.25) is 0 Å². The molecule has 0 spiro atoms. The van der Waals surface area contributed by atoms with E-state index in [2.05, 4.69) is 9.97 Å². The highest BCUT2D eigenvalue weighted by atomic mass is 32.2. The van der Waals surface area contributed by atoms with Crippen molar-refractivity contribution in [3.8, 4) is 11.3 Å². The van der Waals surface area contributed by atoms with Crippen LogP contribution in [0.25, 0.3) is 11.3 Å². The van der Waals surface area contributed by atoms with E-state index in [1.165, 1.54) is 18.4 Å². The summed E-state index contributed by atoms with van der Waals surface area (Å²) in [5.74, 6) is -0.545. The molecule has 1 aromatic carbocycles. The molecular weight excluding hydrogens is 415 g/mol. The third kappa shape index (κ3) is 4.78. The molecule has 2 aromatic heterocycles. The fourth-order valence-corrected chi connectivity index (χ4v) is 4.89. The van der Waals surface area contributed by atoms with Gasteiger partial charge in [-0.3, -0.25) is 0 Å². The third-order valence-corrected chi connectivity index (χ3v) is 6.14. The van der Waals surface area contributed by atoms with Crippen molar-refractivity contribution >= 4 is 21.2 Å². The van der Waals surface area contributed by atoms with Crippen LogP contribution in [0.1, 0.15) is 10.7 Å². The van der Waals surface area contributed by atoms with Crippen LogP contribution < -0.4 is 0 Å². The first-order valence-corrected chi connectivity index (χ1v) is 10.6. The summed E-state index contributed by atoms with van der Waals surface area (Å²) < 4.78 is 70.6. The molecule has 0 fully saturated rings. The Labute approximate surface area is 163 Å². The lowest BCUT2D eigenvalue weighted by Gasteiger charge is -2.14. The Morgan fingerprint density at radius 2 is 1.93 bits per heavy atom. The number of benzene rings is 1. The van der Waals surface area contributed by atoms with Gasteiger partial charge in [0.1, 0.15) is 17.3 Å². The summed E-state index contributed by atoms with van der Waals surface area (Å²) in [7, 11) is -2.67. The largest absolute Gasteiger partial charge is 0.406 e. The summed E-state index contributed by atoms with van der Waals surface area (Å²) in [6.07, 6.45) is -3.47. The molecule has 0 unspecified atom stereocenters. The van der Waals surface area contributed by atoms with Crippen molar-refractivity contribution in [2.45, 2.75) is 30.2 Å². The lowest BCUT2D eigenvalue weighted by Crippen LogP contribution is -2.22. The maximum Gasteiger partial charge on any atom is 0.406 e. The zero-order valence-corrected chi connectivity index (χ0v) is 16.3. The Hall–Kier alpha value is -2.24. The minimum atomic E-state index is -4.61. The Morgan fingerprint density at radius 1 is 1.21 bits per heavy atom. The fourth-order valence-electron chi connectivity index (χ4n) is 2.64. The van der Waals surface area contributed by atoms with Gasteiger partial charge in [0.2, 0.25) is 15.0 Å². The highest BCUT2D eigenvalue weighted by Gasteiger charge is 2.34. The number of alkyl halides is 3. The van der Waals surface area contributed by atoms with Gasteiger partial charge in [-0.15, -0.1) is 11.3 Å². The van der Waals surface area contributed by atoms with E-state index in [1.54, 1.807) is 35.7 Å². The van der Waals surface area contributed by atoms with Crippen LogP contribution in [-0.4, -0.2) is 36.2 Å². The second-order valence-electron chi connectivity index (χ2n) is 5.92. The molecule has 0 bridgehead atoms. The molecule has 0 radical (unpaired) electrons. The number of nitrogens with zero attached hydrogens (tertiary/aromatic N) is 3. The minimum absolute atomic E-state index is 0.0786. The molecule has 6 nitrogen and oxygen atoms in total. The molecule has 2 heterocycles. The van der Waals surface area contributed by atoms with E-state index in [4.69, 9.17) is 4.74 Å². The Morgan fingerprint density at radius 3 is 2.57 bits per heavy atom. The fraction of sp³-hybridized carbons (Fsp3) is 0.294. The summed E-state index contributed by atoms with van der Waals surface area (Å²) in [5, 5.41) is 1.49. The van der Waals surface area contributed by atoms with E-state index in [-0.39, 0.29) is 18.0 Å². The van der Waals surface area contributed by atoms with Gasteiger partial charge in [-0.05, 0) is 5.56 Å². The molecule has 0 saturated carbocycles. The second kappa shape index (κ2) is 8.02. The van der Waals surface area contributed by atoms with Crippen LogP contribution >= 0.6 is 11.3 Å². The van der Waals surface area contributed by atoms with E-state index in [1.807, 2.05) is 0 Å². The molecule has 3 rings (SSSR count). The Bertz CT molecular complexity index is 1040. The van der Waals surface area contributed by atoms with Gasteiger partial charge in [-0.2, -0.15) is 13.2 Å². The predicted molar refractivity (Wildman–Crippen MR) is 97.4 cm³/mol. The molecule has 150 valence electrons. The molecular formula is C17H16F3N3O3S2. The number of rotatable bonds is 7. The van der Waals surface area contributed by atoms with Crippen LogP contribution in [-0.2, 0) is 33.5 Å². The Kier molecular flexibility index (Phi) is 5.87. The molecule has 0 aliphatic carbocycles. The van der Waals surface area contributed by atoms with Gasteiger partial charge in [0.05, 0.1) is 24.2 Å². The van der Waals surface area contributed by atoms with Crippen molar-refractivity contribution in [1.29, 1.82) is 0 Å². The average molecular weight is 431 g/mol. The number of sulfone groups is 1. The normalized spacial score (nSPS) is 12.4. The van der Waals surface area contributed by atoms with E-state index in [0.717, 1.165) is 6.20 Å². The van der Waals surface area contributed by atoms with Gasteiger partial charge in [-0.25, -0.2) is 18.4 Å². The first kappa shape index (κ1) is 20.5. The summed E-state index contributed by atoms with van der Waals surface area (Å²) in [5.41, 5.74) is 0.756. The van der Waals surface area contributed by atoms with Crippen molar-refractivity contribution in [3.63, 3.8) is 0 Å². The summed E-state index contributed by atoms with van der Waals surface area (Å²) >= 11 is 1.22. The maximum absolute atomic E-state index is 13.1. The first-order valence-electron chi connectivity index (χ1n) is 8.02. The molecule has 0 amide bonds. The molecule has 0 saturated heterocycles. The topological polar surface area (TPSA) is 74.1 Å². The van der Waals surface area contributed by atoms with E-state index < -0.39 is 33.5 Å². The van der Waals surface area contributed by atoms with Crippen LogP contribution in [0.3, 0.4) is 0 Å². The predicted octanol–water partition coefficient (Wildman–Crippen LogP) is 3.69. The smallest absolute Gasteiger partial charge is 0.378 e. The Balaban J connectivity index is 2.00. The second-order valence-corrected chi connectivity index (χ2v) is 8.74. The molecule has 3 aromatic rings. The van der Waals surface area contributed by atoms with Crippen LogP contribution in [0, 0.1) is 0 Å². The summed E-state index contributed by atoms with van der Waals surface area (Å²) in [6.45, 7) is -1.23. The lowest BCUT2D eigenvalue weighted by atomic mass is 10.2. The van der Waals surface area contributed by atoms with Crippen molar-refractivity contribution in [3.05, 3.63) is 52.6 Å². The monoisotopic (exact) mass is 431 g/mol. The van der Waals surface area contributed by atoms with Gasteiger partial charge in [-0.1, -0.05) is 30.3 Å². The van der Waals surface area contributed by atoms with Crippen molar-refractivity contribution in [1.82, 2.24) is 14.5 Å². The number of halogens is 3. The number of imidazole rings is 1. The molecule has 28 heavy (non-hydrogen) atoms. The molecule has 0 N–H and O–H groups in total. The standard InChI is InChI=1S/C17H16F3N3O3S2/c1-26-8-15-22-13(9-27-15)10-28(24,25)16-21-7-14(12-5-3-2-4-6-12)23(16)11-17(18,19)20/h2-7,9H,8,10-11H2,1H3. The van der Waals surface area contributed by atoms with Gasteiger partial charge in [0, 0.05) is 12.5 Å². The quantitative estimate of drug-likeness (QED) is 0.571. The van der Waals surface area contributed by atoms with E-state index in [0.29, 0.717) is 15.1 Å². The molecule has 0 aliphatic heterocycles. The zero-order valence-electron chi connectivity index (χ0n) is 14.7. The van der Waals surface area contributed by atoms with Gasteiger partial charge in [0.25, 0.3) is 0 Å². The number of ether oxygens (including phenoxy) is 1. The van der Waals surface area contributed by atoms with Crippen molar-refractivity contribution in [2.75, 3.05) is 7.11 Å². The molecule has 0 aliphatic rings. The van der Waals surface area contributed by atoms with E-state index >= 15 is 0 Å². The van der Waals surface area contributed by atoms with Crippen LogP contribution in [0.5, 0.6) is 0 Å². The van der Waals surface area contributed by atoms with Gasteiger partial charge < -0.3 is 9.30 Å². The number of aromatic nitrogens is 3. The lowest BCUT2D eigenvalue weighted by molar-refractivity contribution is -0.141. The zero-order chi connectivity index (χ0) is 20.4. The molecule has 11 heteroatoms. The highest BCUT2D eigenvalue weighted by molar-refractivity contribution is 7.90. The van der Waals surface area contributed by atoms with Crippen LogP contribution in [0.15, 0.2) is 47.1 Å². The van der Waals surface area contributed by atoms with Crippen LogP contribution in [0.4, 0.5) is 13.2 Å². The first-order chi connectivity index (χ1) is 13.2. The van der Waals surface area contributed by atoms with E-state index in [9.17, 15) is 21.6 Å². The SMILES string of the molecule is COCc1nc(CS(=O)(=O)c2ncc(-c3ccccc3)n2CC(F)(F)F)cs1. The molecule has 0 atom stereocenters. The number of methoxy groups -OCH3 is 1. The van der Waals surface area contributed by atoms with Crippen molar-refractivity contribution < 1.29 is 26.3 Å².